The van der Waals surface area contributed by atoms with Crippen LogP contribution in [0.15, 0.2) is 48.5 Å². The van der Waals surface area contributed by atoms with Crippen molar-refractivity contribution in [2.75, 3.05) is 33.9 Å². The number of fused-ring (bicyclic) bond motifs is 3. The number of ether oxygens (including phenoxy) is 2. The average molecular weight is 769 g/mol. The molecule has 0 spiro atoms. The summed E-state index contributed by atoms with van der Waals surface area (Å²) in [7, 11) is 3.28. The Labute approximate surface area is 325 Å². The lowest BCUT2D eigenvalue weighted by atomic mass is 9.98. The van der Waals surface area contributed by atoms with Crippen LogP contribution in [0.3, 0.4) is 0 Å². The van der Waals surface area contributed by atoms with Crippen LogP contribution in [0.25, 0.3) is 11.1 Å². The first kappa shape index (κ1) is 46.5. The smallest absolute Gasteiger partial charge is 0.407 e. The number of imide groups is 1. The van der Waals surface area contributed by atoms with Crippen LogP contribution in [-0.4, -0.2) is 97.8 Å². The number of carboxylic acids is 1. The molecule has 2 saturated heterocycles. The second-order valence-electron chi connectivity index (χ2n) is 14.5. The van der Waals surface area contributed by atoms with Crippen LogP contribution in [0, 0.1) is 17.8 Å². The third-order valence-corrected chi connectivity index (χ3v) is 9.21. The first-order valence-corrected chi connectivity index (χ1v) is 18.9. The first-order valence-electron chi connectivity index (χ1n) is 18.9. The number of carbonyl (C=O) groups is 6. The number of hydrogen-bond acceptors (Lipinski definition) is 11. The minimum Gasteiger partial charge on any atom is -0.480 e. The van der Waals surface area contributed by atoms with Gasteiger partial charge in [0.25, 0.3) is 11.8 Å². The monoisotopic (exact) mass is 768 g/mol. The van der Waals surface area contributed by atoms with Gasteiger partial charge >= 0.3 is 18.0 Å². The summed E-state index contributed by atoms with van der Waals surface area (Å²) in [5.74, 6) is -2.17. The fraction of sp³-hybridized carbons (Fsp3) is 0.561. The second kappa shape index (κ2) is 23.3. The van der Waals surface area contributed by atoms with Crippen molar-refractivity contribution in [2.45, 2.75) is 98.2 Å². The van der Waals surface area contributed by atoms with Crippen LogP contribution >= 0.6 is 0 Å². The molecule has 0 bridgehead atoms. The minimum atomic E-state index is -0.785. The van der Waals surface area contributed by atoms with Crippen LogP contribution in [-0.2, 0) is 38.3 Å². The molecular weight excluding hydrogens is 708 g/mol. The summed E-state index contributed by atoms with van der Waals surface area (Å²) in [5.41, 5.74) is 4.72. The zero-order chi connectivity index (χ0) is 41.2. The van der Waals surface area contributed by atoms with E-state index in [0.717, 1.165) is 13.2 Å². The van der Waals surface area contributed by atoms with Crippen molar-refractivity contribution < 1.29 is 48.2 Å². The minimum absolute atomic E-state index is 0.0188. The number of nitrogens with zero attached hydrogens (tertiary/aromatic N) is 1. The van der Waals surface area contributed by atoms with Crippen molar-refractivity contribution in [3.63, 3.8) is 0 Å². The molecule has 3 atom stereocenters. The zero-order valence-electron chi connectivity index (χ0n) is 33.7. The number of ketones is 1. The maximum atomic E-state index is 12.2. The molecule has 14 nitrogen and oxygen atoms in total. The van der Waals surface area contributed by atoms with Crippen LogP contribution < -0.4 is 16.0 Å². The van der Waals surface area contributed by atoms with Gasteiger partial charge in [-0.15, -0.1) is 5.06 Å². The van der Waals surface area contributed by atoms with E-state index in [9.17, 15) is 28.8 Å². The van der Waals surface area contributed by atoms with Crippen LogP contribution in [0.1, 0.15) is 91.2 Å². The molecule has 4 N–H and O–H groups in total. The fourth-order valence-electron chi connectivity index (χ4n) is 6.28. The molecule has 2 fully saturated rings. The number of nitrogens with one attached hydrogen (secondary N) is 3. The predicted molar refractivity (Wildman–Crippen MR) is 208 cm³/mol. The SMILES string of the molecule is C1CCOC1.CC(=O)[C@@H](NC(=O)OCC1c2ccccc2-c2ccccc21)C(C)C.CNC(C(=O)O)C(C)C.CNC(C(=O)ON1C(=O)CCC1=O)C(C)C. The summed E-state index contributed by atoms with van der Waals surface area (Å²) >= 11 is 0. The van der Waals surface area contributed by atoms with Gasteiger partial charge in [0.05, 0.1) is 6.04 Å². The highest BCUT2D eigenvalue weighted by Crippen LogP contribution is 2.44. The summed E-state index contributed by atoms with van der Waals surface area (Å²) < 4.78 is 10.4. The van der Waals surface area contributed by atoms with E-state index in [1.165, 1.54) is 42.0 Å². The molecule has 0 saturated carbocycles. The van der Waals surface area contributed by atoms with Crippen LogP contribution in [0.4, 0.5) is 4.79 Å². The van der Waals surface area contributed by atoms with E-state index in [1.54, 1.807) is 14.1 Å². The normalized spacial score (nSPS) is 16.0. The van der Waals surface area contributed by atoms with Gasteiger partial charge in [0, 0.05) is 32.0 Å². The molecule has 2 aromatic carbocycles. The maximum absolute atomic E-state index is 12.2. The van der Waals surface area contributed by atoms with E-state index in [2.05, 4.69) is 40.2 Å². The molecule has 55 heavy (non-hydrogen) atoms. The van der Waals surface area contributed by atoms with Crippen molar-refractivity contribution in [2.24, 2.45) is 17.8 Å². The fourth-order valence-corrected chi connectivity index (χ4v) is 6.28. The second-order valence-corrected chi connectivity index (χ2v) is 14.5. The van der Waals surface area contributed by atoms with Gasteiger partial charge in [-0.25, -0.2) is 9.59 Å². The van der Waals surface area contributed by atoms with Gasteiger partial charge in [-0.1, -0.05) is 90.1 Å². The lowest BCUT2D eigenvalue weighted by Gasteiger charge is -2.20. The van der Waals surface area contributed by atoms with Crippen molar-refractivity contribution in [1.29, 1.82) is 0 Å². The van der Waals surface area contributed by atoms with Crippen LogP contribution in [0.5, 0.6) is 0 Å². The van der Waals surface area contributed by atoms with Gasteiger partial charge in [-0.2, -0.15) is 0 Å². The number of likely N-dealkylation sites (N-methyl/N-ethyl adjacent to an activating group) is 2. The summed E-state index contributed by atoms with van der Waals surface area (Å²) in [6, 6.07) is 14.9. The number of carbonyl (C=O) groups excluding carboxylic acids is 5. The Morgan fingerprint density at radius 1 is 0.764 bits per heavy atom. The average Bonchev–Trinajstić information content (AvgIpc) is 3.89. The van der Waals surface area contributed by atoms with E-state index >= 15 is 0 Å². The molecule has 2 unspecified atom stereocenters. The van der Waals surface area contributed by atoms with E-state index in [4.69, 9.17) is 19.4 Å². The number of Topliss-reactive ketones (excluding diaryl/α,β-unsaturated/α-hetero) is 1. The molecule has 2 aromatic rings. The molecule has 2 aliphatic heterocycles. The number of aliphatic carboxylic acids is 1. The standard InChI is InChI=1S/C21H23NO3.C10H16N2O4.C6H13NO2.C4H8O/c1-13(2)20(14(3)23)22-21(24)25-12-19-17-10-6-4-8-15(17)16-9-5-7-11-18(16)19;1-6(2)9(11-3)10(15)16-12-7(13)4-5-8(12)14;1-4(2)5(7-3)6(8)9;1-2-4-5-3-1/h4-11,13,19-20H,12H2,1-3H3,(H,22,24);6,9,11H,4-5H2,1-3H3;4-5,7H,1-3H3,(H,8,9);1-4H2/t20-;;;/m0.../s1. The molecular formula is C41H60N4O10. The van der Waals surface area contributed by atoms with Gasteiger partial charge in [-0.3, -0.25) is 19.2 Å². The number of alkyl carbamates (subject to hydrolysis) is 1. The summed E-state index contributed by atoms with van der Waals surface area (Å²) in [4.78, 5) is 72.9. The number of hydrogen-bond donors (Lipinski definition) is 4. The maximum Gasteiger partial charge on any atom is 0.407 e. The number of benzene rings is 2. The van der Waals surface area contributed by atoms with E-state index in [-0.39, 0.29) is 48.9 Å². The highest BCUT2D eigenvalue weighted by atomic mass is 16.7. The first-order chi connectivity index (χ1) is 26.0. The highest BCUT2D eigenvalue weighted by molar-refractivity contribution is 6.01. The molecule has 5 rings (SSSR count). The van der Waals surface area contributed by atoms with Crippen molar-refractivity contribution >= 4 is 35.6 Å². The Hall–Kier alpha value is -4.66. The highest BCUT2D eigenvalue weighted by Gasteiger charge is 2.35. The van der Waals surface area contributed by atoms with Gasteiger partial charge in [-0.05, 0) is 73.9 Å². The number of carboxylic acid groups (broad SMARTS) is 1. The molecule has 3 amide bonds. The Morgan fingerprint density at radius 3 is 1.56 bits per heavy atom. The molecule has 0 radical (unpaired) electrons. The zero-order valence-corrected chi connectivity index (χ0v) is 33.7. The third kappa shape index (κ3) is 14.2. The molecule has 1 aliphatic carbocycles. The van der Waals surface area contributed by atoms with Crippen LogP contribution in [0.2, 0.25) is 0 Å². The summed E-state index contributed by atoms with van der Waals surface area (Å²) in [5, 5.41) is 17.2. The van der Waals surface area contributed by atoms with Gasteiger partial charge < -0.3 is 35.4 Å². The molecule has 304 valence electrons. The number of hydroxylamine groups is 2. The lowest BCUT2D eigenvalue weighted by molar-refractivity contribution is -0.199. The Kier molecular flexibility index (Phi) is 19.7. The Balaban J connectivity index is 0.000000296. The topological polar surface area (TPSA) is 190 Å². The quantitative estimate of drug-likeness (QED) is 0.210. The van der Waals surface area contributed by atoms with Gasteiger partial charge in [0.1, 0.15) is 18.7 Å². The Morgan fingerprint density at radius 2 is 1.22 bits per heavy atom. The largest absolute Gasteiger partial charge is 0.480 e. The van der Waals surface area contributed by atoms with Crippen molar-refractivity contribution in [3.05, 3.63) is 59.7 Å². The van der Waals surface area contributed by atoms with E-state index < -0.39 is 48.0 Å². The third-order valence-electron chi connectivity index (χ3n) is 9.21. The molecule has 0 aromatic heterocycles. The number of amides is 3. The predicted octanol–water partition coefficient (Wildman–Crippen LogP) is 5.09. The molecule has 2 heterocycles. The van der Waals surface area contributed by atoms with Crippen molar-refractivity contribution in [1.82, 2.24) is 21.0 Å². The van der Waals surface area contributed by atoms with Gasteiger partial charge in [0.2, 0.25) is 0 Å². The Bertz CT molecular complexity index is 1520. The summed E-state index contributed by atoms with van der Waals surface area (Å²) in [6.45, 7) is 15.0. The van der Waals surface area contributed by atoms with Crippen molar-refractivity contribution in [3.8, 4) is 11.1 Å². The van der Waals surface area contributed by atoms with Gasteiger partial charge in [0.15, 0.2) is 5.78 Å². The van der Waals surface area contributed by atoms with E-state index in [1.807, 2.05) is 65.8 Å². The number of rotatable bonds is 12. The molecule has 3 aliphatic rings. The van der Waals surface area contributed by atoms with E-state index in [0.29, 0.717) is 5.06 Å². The molecule has 14 heteroatoms. The lowest BCUT2D eigenvalue weighted by Crippen LogP contribution is -2.44. The summed E-state index contributed by atoms with van der Waals surface area (Å²) in [6.07, 6.45) is 2.23.